The molecule has 13 heavy (non-hydrogen) atoms. The van der Waals surface area contributed by atoms with Gasteiger partial charge >= 0.3 is 0 Å². The largest absolute Gasteiger partial charge is 0.298 e. The van der Waals surface area contributed by atoms with Gasteiger partial charge in [0.2, 0.25) is 0 Å². The summed E-state index contributed by atoms with van der Waals surface area (Å²) in [6.45, 7) is 0. The zero-order valence-corrected chi connectivity index (χ0v) is 9.16. The van der Waals surface area contributed by atoms with Crippen LogP contribution < -0.4 is 0 Å². The number of alkyl halides is 1. The Bertz CT molecular complexity index is 325. The maximum absolute atomic E-state index is 11.0. The van der Waals surface area contributed by atoms with Crippen LogP contribution in [-0.4, -0.2) is 11.7 Å². The second-order valence-electron chi connectivity index (χ2n) is 2.62. The molecule has 0 aliphatic rings. The van der Waals surface area contributed by atoms with Crippen LogP contribution in [0.4, 0.5) is 0 Å². The third kappa shape index (κ3) is 3.22. The summed E-state index contributed by atoms with van der Waals surface area (Å²) in [7, 11) is 0. The lowest BCUT2D eigenvalue weighted by Gasteiger charge is -2.02. The van der Waals surface area contributed by atoms with Crippen LogP contribution in [0.2, 0.25) is 5.02 Å². The second kappa shape index (κ2) is 4.89. The van der Waals surface area contributed by atoms with E-state index in [1.165, 1.54) is 0 Å². The lowest BCUT2D eigenvalue weighted by molar-refractivity contribution is -0.116. The molecule has 0 aromatic heterocycles. The molecule has 0 aliphatic carbocycles. The summed E-state index contributed by atoms with van der Waals surface area (Å²) in [5.74, 6) is 0.0230. The molecule has 0 saturated carbocycles. The zero-order valence-electron chi connectivity index (χ0n) is 6.76. The average molecular weight is 235 g/mol. The van der Waals surface area contributed by atoms with Crippen LogP contribution in [-0.2, 0) is 11.2 Å². The maximum atomic E-state index is 11.0. The Hall–Kier alpha value is -0.180. The van der Waals surface area contributed by atoms with E-state index < -0.39 is 0 Å². The molecule has 1 rings (SSSR count). The highest BCUT2D eigenvalue weighted by Crippen LogP contribution is 2.19. The van der Waals surface area contributed by atoms with Crippen molar-refractivity contribution in [3.05, 3.63) is 28.8 Å². The minimum atomic E-state index is -0.0145. The molecule has 0 bridgehead atoms. The van der Waals surface area contributed by atoms with Gasteiger partial charge in [0.15, 0.2) is 5.78 Å². The summed E-state index contributed by atoms with van der Waals surface area (Å²) in [6.07, 6.45) is 0.319. The van der Waals surface area contributed by atoms with E-state index in [2.05, 4.69) is 12.6 Å². The van der Waals surface area contributed by atoms with E-state index in [4.69, 9.17) is 23.2 Å². The highest BCUT2D eigenvalue weighted by Gasteiger charge is 2.05. The van der Waals surface area contributed by atoms with Crippen LogP contribution in [0.15, 0.2) is 23.1 Å². The minimum Gasteiger partial charge on any atom is -0.298 e. The third-order valence-electron chi connectivity index (χ3n) is 1.58. The first-order valence-corrected chi connectivity index (χ1v) is 5.04. The van der Waals surface area contributed by atoms with Crippen molar-refractivity contribution in [2.45, 2.75) is 11.3 Å². The number of Topliss-reactive ketones (excluding diaryl/α,β-unsaturated/α-hetero) is 1. The summed E-state index contributed by atoms with van der Waals surface area (Å²) in [5.41, 5.74) is 0.860. The molecular formula is C9H8Cl2OS. The van der Waals surface area contributed by atoms with Crippen LogP contribution in [0.5, 0.6) is 0 Å². The normalized spacial score (nSPS) is 10.1. The van der Waals surface area contributed by atoms with Gasteiger partial charge in [-0.05, 0) is 17.7 Å². The minimum absolute atomic E-state index is 0.0145. The number of benzene rings is 1. The molecule has 70 valence electrons. The fourth-order valence-corrected chi connectivity index (χ4v) is 1.58. The van der Waals surface area contributed by atoms with Gasteiger partial charge in [-0.25, -0.2) is 0 Å². The SMILES string of the molecule is O=C(CCl)Cc1ccc(Cl)cc1S. The monoisotopic (exact) mass is 234 g/mol. The fraction of sp³-hybridized carbons (Fsp3) is 0.222. The Morgan fingerprint density at radius 3 is 2.69 bits per heavy atom. The van der Waals surface area contributed by atoms with Gasteiger partial charge in [0.1, 0.15) is 0 Å². The highest BCUT2D eigenvalue weighted by atomic mass is 35.5. The number of halogens is 2. The Kier molecular flexibility index (Phi) is 4.10. The number of carbonyl (C=O) groups is 1. The summed E-state index contributed by atoms with van der Waals surface area (Å²) in [4.78, 5) is 11.7. The van der Waals surface area contributed by atoms with Gasteiger partial charge in [0, 0.05) is 16.3 Å². The molecule has 4 heteroatoms. The highest BCUT2D eigenvalue weighted by molar-refractivity contribution is 7.80. The molecule has 0 spiro atoms. The molecule has 0 N–H and O–H groups in total. The maximum Gasteiger partial charge on any atom is 0.151 e. The number of hydrogen-bond donors (Lipinski definition) is 1. The van der Waals surface area contributed by atoms with Gasteiger partial charge in [0.25, 0.3) is 0 Å². The smallest absolute Gasteiger partial charge is 0.151 e. The molecule has 0 amide bonds. The van der Waals surface area contributed by atoms with Crippen molar-refractivity contribution in [2.75, 3.05) is 5.88 Å². The predicted molar refractivity (Wildman–Crippen MR) is 58.1 cm³/mol. The van der Waals surface area contributed by atoms with Crippen molar-refractivity contribution < 1.29 is 4.79 Å². The molecule has 0 radical (unpaired) electrons. The average Bonchev–Trinajstić information content (AvgIpc) is 2.09. The molecule has 0 atom stereocenters. The molecule has 0 unspecified atom stereocenters. The van der Waals surface area contributed by atoms with E-state index in [1.807, 2.05) is 0 Å². The lowest BCUT2D eigenvalue weighted by Crippen LogP contribution is -2.04. The van der Waals surface area contributed by atoms with Crippen molar-refractivity contribution in [2.24, 2.45) is 0 Å². The summed E-state index contributed by atoms with van der Waals surface area (Å²) >= 11 is 15.3. The van der Waals surface area contributed by atoms with Crippen LogP contribution in [0.1, 0.15) is 5.56 Å². The standard InChI is InChI=1S/C9H8Cl2OS/c10-5-8(12)3-6-1-2-7(11)4-9(6)13/h1-2,4,13H,3,5H2. The van der Waals surface area contributed by atoms with Crippen LogP contribution in [0.3, 0.4) is 0 Å². The Labute approximate surface area is 92.4 Å². The molecule has 1 nitrogen and oxygen atoms in total. The molecule has 1 aromatic carbocycles. The number of hydrogen-bond acceptors (Lipinski definition) is 2. The summed E-state index contributed by atoms with van der Waals surface area (Å²) in [5, 5.41) is 0.618. The van der Waals surface area contributed by atoms with Crippen LogP contribution in [0.25, 0.3) is 0 Å². The van der Waals surface area contributed by atoms with E-state index in [9.17, 15) is 4.79 Å². The second-order valence-corrected chi connectivity index (χ2v) is 3.81. The third-order valence-corrected chi connectivity index (χ3v) is 2.53. The Morgan fingerprint density at radius 2 is 2.15 bits per heavy atom. The lowest BCUT2D eigenvalue weighted by atomic mass is 10.1. The van der Waals surface area contributed by atoms with Crippen molar-refractivity contribution in [3.63, 3.8) is 0 Å². The number of ketones is 1. The van der Waals surface area contributed by atoms with E-state index in [1.54, 1.807) is 18.2 Å². The number of thiol groups is 1. The van der Waals surface area contributed by atoms with Gasteiger partial charge in [-0.15, -0.1) is 24.2 Å². The molecule has 0 fully saturated rings. The van der Waals surface area contributed by atoms with Crippen LogP contribution >= 0.6 is 35.8 Å². The van der Waals surface area contributed by atoms with Gasteiger partial charge in [-0.1, -0.05) is 17.7 Å². The molecule has 0 saturated heterocycles. The van der Waals surface area contributed by atoms with E-state index in [-0.39, 0.29) is 11.7 Å². The molecule has 0 heterocycles. The van der Waals surface area contributed by atoms with Gasteiger partial charge in [-0.3, -0.25) is 4.79 Å². The first-order valence-electron chi connectivity index (χ1n) is 3.68. The van der Waals surface area contributed by atoms with Crippen molar-refractivity contribution in [3.8, 4) is 0 Å². The van der Waals surface area contributed by atoms with Gasteiger partial charge in [-0.2, -0.15) is 0 Å². The van der Waals surface area contributed by atoms with E-state index in [0.29, 0.717) is 11.4 Å². The molecular weight excluding hydrogens is 227 g/mol. The Balaban J connectivity index is 2.83. The summed E-state index contributed by atoms with van der Waals surface area (Å²) < 4.78 is 0. The van der Waals surface area contributed by atoms with Crippen molar-refractivity contribution in [1.29, 1.82) is 0 Å². The summed E-state index contributed by atoms with van der Waals surface area (Å²) in [6, 6.07) is 5.23. The van der Waals surface area contributed by atoms with E-state index >= 15 is 0 Å². The quantitative estimate of drug-likeness (QED) is 0.629. The first-order chi connectivity index (χ1) is 6.13. The van der Waals surface area contributed by atoms with Crippen molar-refractivity contribution in [1.82, 2.24) is 0 Å². The first kappa shape index (κ1) is 10.9. The fourth-order valence-electron chi connectivity index (χ4n) is 0.946. The van der Waals surface area contributed by atoms with Gasteiger partial charge < -0.3 is 0 Å². The zero-order chi connectivity index (χ0) is 9.84. The molecule has 0 aliphatic heterocycles. The predicted octanol–water partition coefficient (Wildman–Crippen LogP) is 2.98. The molecule has 1 aromatic rings. The van der Waals surface area contributed by atoms with Crippen LogP contribution in [0, 0.1) is 0 Å². The number of carbonyl (C=O) groups excluding carboxylic acids is 1. The van der Waals surface area contributed by atoms with E-state index in [0.717, 1.165) is 10.5 Å². The topological polar surface area (TPSA) is 17.1 Å². The number of rotatable bonds is 3. The van der Waals surface area contributed by atoms with Crippen molar-refractivity contribution >= 4 is 41.6 Å². The Morgan fingerprint density at radius 1 is 1.46 bits per heavy atom. The van der Waals surface area contributed by atoms with Gasteiger partial charge in [0.05, 0.1) is 5.88 Å².